The van der Waals surface area contributed by atoms with Gasteiger partial charge in [-0.15, -0.1) is 0 Å². The van der Waals surface area contributed by atoms with Gasteiger partial charge >= 0.3 is 5.97 Å². The Hall–Kier alpha value is -1.23. The Morgan fingerprint density at radius 2 is 1.35 bits per heavy atom. The highest BCUT2D eigenvalue weighted by atomic mass is 16.8. The molecule has 0 aromatic heterocycles. The average molecular weight is 623 g/mol. The number of hydrogen-bond donors (Lipinski definition) is 8. The molecule has 2 saturated heterocycles. The molecule has 8 N–H and O–H groups in total. The van der Waals surface area contributed by atoms with Crippen LogP contribution in [0.5, 0.6) is 0 Å². The fourth-order valence-electron chi connectivity index (χ4n) is 5.17. The number of hydrogen-bond acceptors (Lipinski definition) is 13. The quantitative estimate of drug-likeness (QED) is 0.0517. The van der Waals surface area contributed by atoms with E-state index in [1.54, 1.807) is 0 Å². The number of aliphatic hydroxyl groups is 8. The Labute approximate surface area is 254 Å². The molecule has 0 aromatic carbocycles. The van der Waals surface area contributed by atoms with Gasteiger partial charge in [0.1, 0.15) is 42.7 Å². The van der Waals surface area contributed by atoms with Gasteiger partial charge in [-0.1, -0.05) is 64.0 Å². The fraction of sp³-hybridized carbons (Fsp3) is 0.900. The molecule has 0 aromatic rings. The minimum Gasteiger partial charge on any atom is -0.454 e. The molecule has 0 amide bonds. The maximum Gasteiger partial charge on any atom is 0.306 e. The molecule has 0 saturated carbocycles. The van der Waals surface area contributed by atoms with Crippen LogP contribution in [0.1, 0.15) is 90.4 Å². The van der Waals surface area contributed by atoms with Crippen LogP contribution < -0.4 is 0 Å². The van der Waals surface area contributed by atoms with Crippen molar-refractivity contribution in [2.45, 2.75) is 158 Å². The third-order valence-corrected chi connectivity index (χ3v) is 7.93. The van der Waals surface area contributed by atoms with Gasteiger partial charge in [0.25, 0.3) is 0 Å². The number of unbranched alkanes of at least 4 members (excludes halogenated alkanes) is 8. The molecule has 13 nitrogen and oxygen atoms in total. The number of ether oxygens (including phenoxy) is 4. The van der Waals surface area contributed by atoms with Crippen LogP contribution in [0.2, 0.25) is 0 Å². The van der Waals surface area contributed by atoms with E-state index < -0.39 is 80.6 Å². The molecule has 43 heavy (non-hydrogen) atoms. The molecule has 0 bridgehead atoms. The van der Waals surface area contributed by atoms with Gasteiger partial charge in [0.2, 0.25) is 6.29 Å². The van der Waals surface area contributed by atoms with E-state index in [1.807, 2.05) is 6.08 Å². The minimum atomic E-state index is -1.78. The molecule has 11 atom stereocenters. The highest BCUT2D eigenvalue weighted by molar-refractivity contribution is 5.69. The van der Waals surface area contributed by atoms with Crippen molar-refractivity contribution >= 4 is 5.97 Å². The van der Waals surface area contributed by atoms with Crippen LogP contribution in [-0.2, 0) is 23.7 Å². The first-order valence-electron chi connectivity index (χ1n) is 15.7. The van der Waals surface area contributed by atoms with Gasteiger partial charge in [-0.3, -0.25) is 4.79 Å². The lowest BCUT2D eigenvalue weighted by Gasteiger charge is -2.45. The summed E-state index contributed by atoms with van der Waals surface area (Å²) in [7, 11) is 0. The molecule has 0 spiro atoms. The normalized spacial score (nSPS) is 34.0. The summed E-state index contributed by atoms with van der Waals surface area (Å²) in [4.78, 5) is 12.6. The highest BCUT2D eigenvalue weighted by Crippen LogP contribution is 2.30. The van der Waals surface area contributed by atoms with Gasteiger partial charge in [-0.25, -0.2) is 0 Å². The van der Waals surface area contributed by atoms with Crippen molar-refractivity contribution in [3.05, 3.63) is 12.2 Å². The van der Waals surface area contributed by atoms with E-state index in [2.05, 4.69) is 13.0 Å². The zero-order valence-corrected chi connectivity index (χ0v) is 25.2. The van der Waals surface area contributed by atoms with Crippen LogP contribution >= 0.6 is 0 Å². The second kappa shape index (κ2) is 20.7. The van der Waals surface area contributed by atoms with Crippen molar-refractivity contribution < 1.29 is 64.6 Å². The van der Waals surface area contributed by atoms with Crippen LogP contribution in [0.4, 0.5) is 0 Å². The molecular weight excluding hydrogens is 568 g/mol. The molecule has 13 heteroatoms. The number of carbonyl (C=O) groups is 1. The molecule has 2 aliphatic rings. The zero-order chi connectivity index (χ0) is 31.8. The van der Waals surface area contributed by atoms with E-state index in [9.17, 15) is 45.6 Å². The number of aliphatic hydroxyl groups excluding tert-OH is 8. The van der Waals surface area contributed by atoms with Crippen molar-refractivity contribution in [3.63, 3.8) is 0 Å². The molecule has 0 aliphatic carbocycles. The average Bonchev–Trinajstić information content (AvgIpc) is 2.99. The summed E-state index contributed by atoms with van der Waals surface area (Å²) in [5.41, 5.74) is 0. The van der Waals surface area contributed by atoms with Crippen molar-refractivity contribution in [2.24, 2.45) is 0 Å². The minimum absolute atomic E-state index is 0.0333. The summed E-state index contributed by atoms with van der Waals surface area (Å²) >= 11 is 0. The second-order valence-corrected chi connectivity index (χ2v) is 11.5. The summed E-state index contributed by atoms with van der Waals surface area (Å²) in [6, 6.07) is 0. The van der Waals surface area contributed by atoms with E-state index in [1.165, 1.54) is 19.3 Å². The number of esters is 1. The van der Waals surface area contributed by atoms with E-state index in [0.717, 1.165) is 44.9 Å². The first-order chi connectivity index (χ1) is 20.6. The van der Waals surface area contributed by atoms with Gasteiger partial charge in [-0.2, -0.15) is 0 Å². The summed E-state index contributed by atoms with van der Waals surface area (Å²) in [6.07, 6.45) is -0.690. The van der Waals surface area contributed by atoms with E-state index in [4.69, 9.17) is 18.9 Å². The third kappa shape index (κ3) is 12.6. The van der Waals surface area contributed by atoms with Crippen LogP contribution in [0.25, 0.3) is 0 Å². The Morgan fingerprint density at radius 1 is 0.744 bits per heavy atom. The van der Waals surface area contributed by atoms with Gasteiger partial charge < -0.3 is 59.8 Å². The Bertz CT molecular complexity index is 781. The molecule has 2 rings (SSSR count). The summed E-state index contributed by atoms with van der Waals surface area (Å²) in [5.74, 6) is -0.680. The Morgan fingerprint density at radius 3 is 2.02 bits per heavy atom. The van der Waals surface area contributed by atoms with Crippen molar-refractivity contribution in [1.29, 1.82) is 0 Å². The topological polar surface area (TPSA) is 216 Å². The third-order valence-electron chi connectivity index (χ3n) is 7.93. The predicted octanol–water partition coefficient (Wildman–Crippen LogP) is 0.162. The van der Waals surface area contributed by atoms with Crippen molar-refractivity contribution in [3.8, 4) is 0 Å². The molecule has 0 radical (unpaired) electrons. The van der Waals surface area contributed by atoms with Crippen molar-refractivity contribution in [2.75, 3.05) is 13.2 Å². The fourth-order valence-corrected chi connectivity index (χ4v) is 5.17. The molecule has 2 aliphatic heterocycles. The number of carbonyl (C=O) groups excluding carboxylic acids is 1. The monoisotopic (exact) mass is 622 g/mol. The maximum absolute atomic E-state index is 12.6. The zero-order valence-electron chi connectivity index (χ0n) is 25.2. The second-order valence-electron chi connectivity index (χ2n) is 11.5. The lowest BCUT2D eigenvalue weighted by molar-refractivity contribution is -0.376. The summed E-state index contributed by atoms with van der Waals surface area (Å²) in [5, 5.41) is 80.2. The standard InChI is InChI=1S/C30H54O13/c1-2-3-4-11-14-19(33)15-12-9-7-5-6-8-10-13-16-22(34)42-28-26(38)24(36)21(18-32)41-30(28)43-29-27(39)25(37)23(35)20(17-31)40-29/h9,12,19-21,23-33,35-39H,2-8,10-11,13-18H2,1H3/b12-9-/t19-,20-,21-,23-,24-,25+,26+,27-,28-,29-,30-/m1/s1. The predicted molar refractivity (Wildman–Crippen MR) is 153 cm³/mol. The van der Waals surface area contributed by atoms with Crippen LogP contribution in [-0.4, -0.2) is 128 Å². The van der Waals surface area contributed by atoms with Gasteiger partial charge in [0.15, 0.2) is 12.4 Å². The van der Waals surface area contributed by atoms with Crippen LogP contribution in [0.15, 0.2) is 12.2 Å². The molecular formula is C30H54O13. The number of rotatable bonds is 20. The van der Waals surface area contributed by atoms with E-state index >= 15 is 0 Å². The molecule has 2 fully saturated rings. The first kappa shape index (κ1) is 38.0. The SMILES string of the molecule is CCCCCC[C@@H](O)C/C=C\CCCCCCCC(=O)O[C@H]1[C@@H](O[C@H]2O[C@H](CO)[C@@H](O)[C@H](O)[C@H]2O)O[C@H](CO)[C@@H](O)[C@@H]1O. The number of allylic oxidation sites excluding steroid dienone is 1. The Kier molecular flexibility index (Phi) is 18.3. The summed E-state index contributed by atoms with van der Waals surface area (Å²) < 4.78 is 21.7. The van der Waals surface area contributed by atoms with Crippen LogP contribution in [0.3, 0.4) is 0 Å². The first-order valence-corrected chi connectivity index (χ1v) is 15.7. The summed E-state index contributed by atoms with van der Waals surface area (Å²) in [6.45, 7) is 0.764. The highest BCUT2D eigenvalue weighted by Gasteiger charge is 2.51. The van der Waals surface area contributed by atoms with Gasteiger partial charge in [0, 0.05) is 6.42 Å². The molecule has 2 heterocycles. The van der Waals surface area contributed by atoms with Crippen molar-refractivity contribution in [1.82, 2.24) is 0 Å². The van der Waals surface area contributed by atoms with Crippen LogP contribution in [0, 0.1) is 0 Å². The Balaban J connectivity index is 1.74. The van der Waals surface area contributed by atoms with Gasteiger partial charge in [-0.05, 0) is 32.1 Å². The lowest BCUT2D eigenvalue weighted by Crippen LogP contribution is -2.64. The largest absolute Gasteiger partial charge is 0.454 e. The van der Waals surface area contributed by atoms with E-state index in [0.29, 0.717) is 12.8 Å². The smallest absolute Gasteiger partial charge is 0.306 e. The maximum atomic E-state index is 12.6. The van der Waals surface area contributed by atoms with Gasteiger partial charge in [0.05, 0.1) is 19.3 Å². The molecule has 252 valence electrons. The molecule has 0 unspecified atom stereocenters. The van der Waals surface area contributed by atoms with E-state index in [-0.39, 0.29) is 12.5 Å². The lowest BCUT2D eigenvalue weighted by atomic mass is 9.98.